The molecule has 8 heteroatoms. The third-order valence-electron chi connectivity index (χ3n) is 6.31. The first-order valence-corrected chi connectivity index (χ1v) is 10.2. The smallest absolute Gasteiger partial charge is 0.251 e. The number of nitrogens with one attached hydrogen (secondary N) is 2. The lowest BCUT2D eigenvalue weighted by atomic mass is 9.84. The molecule has 2 bridgehead atoms. The van der Waals surface area contributed by atoms with Crippen LogP contribution in [-0.4, -0.2) is 48.9 Å². The number of nitrogens with zero attached hydrogens (tertiary/aromatic N) is 1. The third-order valence-corrected chi connectivity index (χ3v) is 6.31. The molecule has 0 aliphatic heterocycles. The molecular formula is C21H34Cl2N4O2. The van der Waals surface area contributed by atoms with Crippen LogP contribution >= 0.6 is 24.8 Å². The Morgan fingerprint density at radius 1 is 1.07 bits per heavy atom. The number of rotatable bonds is 8. The molecule has 0 aromatic heterocycles. The Hall–Kier alpha value is -1.34. The van der Waals surface area contributed by atoms with E-state index < -0.39 is 0 Å². The van der Waals surface area contributed by atoms with Crippen LogP contribution in [0.2, 0.25) is 0 Å². The average Bonchev–Trinajstić information content (AvgIpc) is 3.27. The zero-order valence-electron chi connectivity index (χ0n) is 17.2. The highest BCUT2D eigenvalue weighted by Crippen LogP contribution is 2.47. The second kappa shape index (κ2) is 11.7. The number of amides is 2. The van der Waals surface area contributed by atoms with E-state index in [1.807, 2.05) is 0 Å². The molecule has 6 nitrogen and oxygen atoms in total. The van der Waals surface area contributed by atoms with Crippen LogP contribution in [0.1, 0.15) is 43.5 Å². The molecule has 29 heavy (non-hydrogen) atoms. The van der Waals surface area contributed by atoms with Crippen molar-refractivity contribution in [2.75, 3.05) is 31.5 Å². The quantitative estimate of drug-likeness (QED) is 0.574. The molecule has 1 aromatic rings. The Balaban J connectivity index is 0.00000210. The number of carbonyl (C=O) groups excluding carboxylic acids is 2. The van der Waals surface area contributed by atoms with Gasteiger partial charge in [-0.3, -0.25) is 9.59 Å². The van der Waals surface area contributed by atoms with Crippen molar-refractivity contribution in [1.82, 2.24) is 10.2 Å². The van der Waals surface area contributed by atoms with Crippen LogP contribution < -0.4 is 16.4 Å². The molecular weight excluding hydrogens is 411 g/mol. The summed E-state index contributed by atoms with van der Waals surface area (Å²) in [6.45, 7) is 7.65. The molecule has 1 aromatic carbocycles. The average molecular weight is 445 g/mol. The van der Waals surface area contributed by atoms with Crippen LogP contribution in [0.4, 0.5) is 5.69 Å². The molecule has 2 aliphatic rings. The second-order valence-electron chi connectivity index (χ2n) is 7.79. The van der Waals surface area contributed by atoms with Crippen molar-refractivity contribution < 1.29 is 9.59 Å². The summed E-state index contributed by atoms with van der Waals surface area (Å²) in [5.74, 6) is 0.794. The van der Waals surface area contributed by atoms with E-state index in [4.69, 9.17) is 5.73 Å². The van der Waals surface area contributed by atoms with E-state index in [9.17, 15) is 9.59 Å². The maximum absolute atomic E-state index is 12.6. The van der Waals surface area contributed by atoms with Crippen molar-refractivity contribution in [2.24, 2.45) is 23.5 Å². The van der Waals surface area contributed by atoms with Crippen LogP contribution in [0.3, 0.4) is 0 Å². The normalized spacial score (nSPS) is 24.6. The minimum Gasteiger partial charge on any atom is -0.351 e. The van der Waals surface area contributed by atoms with Crippen LogP contribution in [-0.2, 0) is 4.79 Å². The Morgan fingerprint density at radius 2 is 1.69 bits per heavy atom. The van der Waals surface area contributed by atoms with Gasteiger partial charge in [-0.25, -0.2) is 0 Å². The number of anilines is 1. The summed E-state index contributed by atoms with van der Waals surface area (Å²) in [5, 5.41) is 5.92. The molecule has 164 valence electrons. The topological polar surface area (TPSA) is 87.5 Å². The zero-order chi connectivity index (χ0) is 19.4. The minimum atomic E-state index is -0.0878. The number of nitrogens with two attached hydrogens (primary N) is 1. The summed E-state index contributed by atoms with van der Waals surface area (Å²) in [5.41, 5.74) is 7.57. The number of hydrogen-bond donors (Lipinski definition) is 3. The van der Waals surface area contributed by atoms with Gasteiger partial charge in [-0.2, -0.15) is 0 Å². The molecule has 4 atom stereocenters. The number of benzene rings is 1. The summed E-state index contributed by atoms with van der Waals surface area (Å²) in [6.07, 6.45) is 3.36. The van der Waals surface area contributed by atoms with Gasteiger partial charge in [-0.15, -0.1) is 24.8 Å². The van der Waals surface area contributed by atoms with Gasteiger partial charge in [-0.1, -0.05) is 13.8 Å². The number of hydrogen-bond acceptors (Lipinski definition) is 4. The molecule has 0 saturated heterocycles. The van der Waals surface area contributed by atoms with Crippen LogP contribution in [0.15, 0.2) is 24.3 Å². The van der Waals surface area contributed by atoms with Gasteiger partial charge in [0.05, 0.1) is 5.92 Å². The van der Waals surface area contributed by atoms with E-state index in [1.165, 1.54) is 0 Å². The van der Waals surface area contributed by atoms with E-state index in [1.54, 1.807) is 24.3 Å². The maximum Gasteiger partial charge on any atom is 0.251 e. The van der Waals surface area contributed by atoms with Gasteiger partial charge in [0.1, 0.15) is 0 Å². The summed E-state index contributed by atoms with van der Waals surface area (Å²) < 4.78 is 0. The van der Waals surface area contributed by atoms with E-state index in [2.05, 4.69) is 29.4 Å². The Bertz CT molecular complexity index is 665. The highest BCUT2D eigenvalue weighted by molar-refractivity contribution is 5.96. The van der Waals surface area contributed by atoms with Gasteiger partial charge in [-0.05, 0) is 68.5 Å². The summed E-state index contributed by atoms with van der Waals surface area (Å²) in [4.78, 5) is 27.1. The fourth-order valence-corrected chi connectivity index (χ4v) is 4.62. The van der Waals surface area contributed by atoms with Crippen molar-refractivity contribution in [2.45, 2.75) is 39.2 Å². The number of carbonyl (C=O) groups is 2. The van der Waals surface area contributed by atoms with Crippen LogP contribution in [0, 0.1) is 17.8 Å². The largest absolute Gasteiger partial charge is 0.351 e. The SMILES string of the molecule is CCN(CC)CCNC(=O)c1ccc(NC(=O)C2C3CCC(C3)C2N)cc1.Cl.Cl. The van der Waals surface area contributed by atoms with Crippen molar-refractivity contribution in [3.05, 3.63) is 29.8 Å². The van der Waals surface area contributed by atoms with Gasteiger partial charge >= 0.3 is 0 Å². The van der Waals surface area contributed by atoms with Crippen molar-refractivity contribution in [3.8, 4) is 0 Å². The molecule has 2 amide bonds. The highest BCUT2D eigenvalue weighted by Gasteiger charge is 2.49. The van der Waals surface area contributed by atoms with Crippen LogP contribution in [0.25, 0.3) is 0 Å². The standard InChI is InChI=1S/C21H32N4O2.2ClH/c1-3-25(4-2)12-11-23-20(26)14-7-9-17(10-8-14)24-21(27)18-15-5-6-16(13-15)19(18)22;;/h7-10,15-16,18-19H,3-6,11-13,22H2,1-2H3,(H,23,26)(H,24,27);2*1H. The van der Waals surface area contributed by atoms with Gasteiger partial charge < -0.3 is 21.3 Å². The van der Waals surface area contributed by atoms with Crippen LogP contribution in [0.5, 0.6) is 0 Å². The number of halogens is 2. The van der Waals surface area contributed by atoms with Gasteiger partial charge in [0.2, 0.25) is 5.91 Å². The molecule has 0 radical (unpaired) electrons. The first kappa shape index (κ1) is 25.7. The highest BCUT2D eigenvalue weighted by atomic mass is 35.5. The van der Waals surface area contributed by atoms with Crippen molar-refractivity contribution >= 4 is 42.3 Å². The predicted molar refractivity (Wildman–Crippen MR) is 122 cm³/mol. The summed E-state index contributed by atoms with van der Waals surface area (Å²) in [7, 11) is 0. The second-order valence-corrected chi connectivity index (χ2v) is 7.79. The first-order valence-electron chi connectivity index (χ1n) is 10.2. The molecule has 3 rings (SSSR count). The predicted octanol–water partition coefficient (Wildman–Crippen LogP) is 2.91. The third kappa shape index (κ3) is 6.07. The first-order chi connectivity index (χ1) is 13.0. The molecule has 2 fully saturated rings. The van der Waals surface area contributed by atoms with Gasteiger partial charge in [0.15, 0.2) is 0 Å². The summed E-state index contributed by atoms with van der Waals surface area (Å²) >= 11 is 0. The van der Waals surface area contributed by atoms with E-state index in [0.717, 1.165) is 44.6 Å². The molecule has 0 heterocycles. The molecule has 2 aliphatic carbocycles. The molecule has 0 spiro atoms. The summed E-state index contributed by atoms with van der Waals surface area (Å²) in [6, 6.07) is 7.07. The lowest BCUT2D eigenvalue weighted by Crippen LogP contribution is -2.42. The Kier molecular flexibility index (Phi) is 10.4. The lowest BCUT2D eigenvalue weighted by molar-refractivity contribution is -0.121. The number of fused-ring (bicyclic) bond motifs is 2. The Morgan fingerprint density at radius 3 is 2.24 bits per heavy atom. The fraction of sp³-hybridized carbons (Fsp3) is 0.619. The maximum atomic E-state index is 12.6. The van der Waals surface area contributed by atoms with E-state index >= 15 is 0 Å². The molecule has 4 unspecified atom stereocenters. The van der Waals surface area contributed by atoms with Gasteiger partial charge in [0, 0.05) is 30.4 Å². The monoisotopic (exact) mass is 444 g/mol. The molecule has 2 saturated carbocycles. The van der Waals surface area contributed by atoms with Crippen molar-refractivity contribution in [3.63, 3.8) is 0 Å². The lowest BCUT2D eigenvalue weighted by Gasteiger charge is -2.27. The van der Waals surface area contributed by atoms with E-state index in [0.29, 0.717) is 23.9 Å². The van der Waals surface area contributed by atoms with Crippen molar-refractivity contribution in [1.29, 1.82) is 0 Å². The Labute approximate surface area is 186 Å². The zero-order valence-corrected chi connectivity index (χ0v) is 18.9. The number of likely N-dealkylation sites (N-methyl/N-ethyl adjacent to an activating group) is 1. The fourth-order valence-electron chi connectivity index (χ4n) is 4.62. The van der Waals surface area contributed by atoms with Gasteiger partial charge in [0.25, 0.3) is 5.91 Å². The minimum absolute atomic E-state index is 0. The van der Waals surface area contributed by atoms with E-state index in [-0.39, 0.29) is 48.6 Å². The molecule has 4 N–H and O–H groups in total.